The van der Waals surface area contributed by atoms with E-state index in [1.165, 1.54) is 49.1 Å². The standard InChI is InChI=1S/C90H82Cl2N4O16/c1-45(2)57-15-19-67(49(9)35-57)109-71-41-61-75-62(84(98)95(83(61)97)65(39-55-23-27-93-28-24-55)89(103)107-33-31-105-87(101)53(13)91)43-73(111-69-21-17-59(47(5)6)37-51(69)11)79-80-74(112-70-22-18-60(48(7)8)38-52(70)12)44-64-76-63(42-72(78(82(76)80)77(71)81(75)79)110-68-20-16-58(46(3)4)36-50(68)10)85(99)96(86(64)100)66(40-56-25-29-94-30-26-56)90(104)108-34-32-106-88(102)54(14)92/h15-30,35-38,41-48,65-66H,13-14,31-34,39-40H2,1-12H3. The summed E-state index contributed by atoms with van der Waals surface area (Å²) in [5.74, 6) is -5.99. The minimum absolute atomic E-state index is 0.00489. The molecule has 0 saturated heterocycles. The summed E-state index contributed by atoms with van der Waals surface area (Å²) in [4.78, 5) is 132. The summed E-state index contributed by atoms with van der Waals surface area (Å²) >= 11 is 11.7. The van der Waals surface area contributed by atoms with Gasteiger partial charge in [-0.05, 0) is 180 Å². The van der Waals surface area contributed by atoms with Gasteiger partial charge in [-0.25, -0.2) is 19.2 Å². The third-order valence-corrected chi connectivity index (χ3v) is 20.7. The number of esters is 4. The van der Waals surface area contributed by atoms with E-state index in [4.69, 9.17) is 61.1 Å². The topological polar surface area (TPSA) is 243 Å². The molecule has 0 N–H and O–H groups in total. The van der Waals surface area contributed by atoms with Crippen molar-refractivity contribution in [3.8, 4) is 46.0 Å². The molecule has 0 saturated carbocycles. The van der Waals surface area contributed by atoms with Crippen molar-refractivity contribution in [2.75, 3.05) is 26.4 Å². The highest BCUT2D eigenvalue weighted by Gasteiger charge is 2.47. The SMILES string of the molecule is C=C(Cl)C(=O)OCCOC(=O)C(Cc1ccncc1)N1C(=O)c2cc(Oc3ccc(C(C)C)cc3C)c3c4c(Oc5ccc(C(C)C)cc5C)cc5c6c(cc(Oc7ccc(C(C)C)cc7C)c(c7c(Oc8ccc(C(C)C)cc8C)cc(c2c37)C1=O)c64)C(=O)N(C(Cc1ccncc1)C(=O)OCCOC(=O)C(=C)Cl)C5=O. The molecule has 9 aromatic carbocycles. The molecule has 0 bridgehead atoms. The first-order valence-electron chi connectivity index (χ1n) is 36.9. The van der Waals surface area contributed by atoms with Crippen LogP contribution >= 0.6 is 23.2 Å². The Hall–Kier alpha value is -12.0. The van der Waals surface area contributed by atoms with Crippen LogP contribution in [0.4, 0.5) is 0 Å². The highest BCUT2D eigenvalue weighted by atomic mass is 35.5. The van der Waals surface area contributed by atoms with Gasteiger partial charge in [0.25, 0.3) is 23.6 Å². The molecule has 0 spiro atoms. The van der Waals surface area contributed by atoms with Gasteiger partial charge in [-0.15, -0.1) is 0 Å². The zero-order valence-corrected chi connectivity index (χ0v) is 65.6. The smallest absolute Gasteiger partial charge is 0.349 e. The maximum atomic E-state index is 16.6. The molecule has 0 radical (unpaired) electrons. The van der Waals surface area contributed by atoms with Crippen molar-refractivity contribution < 1.29 is 76.3 Å². The quantitative estimate of drug-likeness (QED) is 0.00841. The fourth-order valence-corrected chi connectivity index (χ4v) is 14.5. The first-order valence-corrected chi connectivity index (χ1v) is 37.6. The number of hydrogen-bond donors (Lipinski definition) is 0. The van der Waals surface area contributed by atoms with E-state index in [0.717, 1.165) is 32.1 Å². The number of carbonyl (C=O) groups excluding carboxylic acids is 8. The van der Waals surface area contributed by atoms with E-state index < -0.39 is 96.1 Å². The Morgan fingerprint density at radius 3 is 0.830 bits per heavy atom. The van der Waals surface area contributed by atoms with Gasteiger partial charge in [0.1, 0.15) is 94.6 Å². The predicted molar refractivity (Wildman–Crippen MR) is 427 cm³/mol. The number of imide groups is 2. The van der Waals surface area contributed by atoms with E-state index in [0.29, 0.717) is 56.4 Å². The summed E-state index contributed by atoms with van der Waals surface area (Å²) in [6.07, 6.45) is 5.47. The lowest BCUT2D eigenvalue weighted by atomic mass is 9.80. The maximum absolute atomic E-state index is 16.6. The molecular formula is C90H82Cl2N4O16. The van der Waals surface area contributed by atoms with Crippen molar-refractivity contribution in [3.05, 3.63) is 247 Å². The van der Waals surface area contributed by atoms with Crippen LogP contribution in [-0.2, 0) is 51.0 Å². The Kier molecular flexibility index (Phi) is 22.4. The van der Waals surface area contributed by atoms with Gasteiger partial charge >= 0.3 is 23.9 Å². The summed E-state index contributed by atoms with van der Waals surface area (Å²) in [7, 11) is 0. The van der Waals surface area contributed by atoms with Gasteiger partial charge in [0.05, 0.1) is 22.3 Å². The van der Waals surface area contributed by atoms with Crippen LogP contribution in [0.3, 0.4) is 0 Å². The summed E-state index contributed by atoms with van der Waals surface area (Å²) in [6.45, 7) is 29.0. The van der Waals surface area contributed by atoms with Crippen molar-refractivity contribution in [1.82, 2.24) is 19.8 Å². The van der Waals surface area contributed by atoms with Gasteiger partial charge in [0, 0.05) is 80.7 Å². The molecule has 4 amide bonds. The van der Waals surface area contributed by atoms with Crippen molar-refractivity contribution in [2.24, 2.45) is 0 Å². The first-order chi connectivity index (χ1) is 53.5. The van der Waals surface area contributed by atoms with Crippen molar-refractivity contribution in [2.45, 2.75) is 132 Å². The molecule has 4 heterocycles. The Morgan fingerprint density at radius 2 is 0.598 bits per heavy atom. The van der Waals surface area contributed by atoms with E-state index in [-0.39, 0.29) is 125 Å². The van der Waals surface area contributed by atoms with E-state index in [9.17, 15) is 9.59 Å². The number of benzene rings is 9. The molecule has 2 unspecified atom stereocenters. The number of pyridine rings is 2. The highest BCUT2D eigenvalue weighted by Crippen LogP contribution is 2.59. The Balaban J connectivity index is 1.19. The Labute approximate surface area is 657 Å². The average molecular weight is 1550 g/mol. The highest BCUT2D eigenvalue weighted by molar-refractivity contribution is 6.45. The minimum atomic E-state index is -1.70. The minimum Gasteiger partial charge on any atom is -0.461 e. The number of ether oxygens (including phenoxy) is 8. The number of carbonyl (C=O) groups is 8. The Morgan fingerprint density at radius 1 is 0.348 bits per heavy atom. The molecular weight excluding hydrogens is 1460 g/mol. The van der Waals surface area contributed by atoms with Gasteiger partial charge in [0.2, 0.25) is 0 Å². The van der Waals surface area contributed by atoms with Crippen LogP contribution in [0.15, 0.2) is 169 Å². The molecule has 112 heavy (non-hydrogen) atoms. The number of aromatic nitrogens is 2. The van der Waals surface area contributed by atoms with Gasteiger partial charge < -0.3 is 37.9 Å². The first kappa shape index (κ1) is 78.1. The van der Waals surface area contributed by atoms with Gasteiger partial charge in [-0.1, -0.05) is 140 Å². The van der Waals surface area contributed by atoms with Crippen molar-refractivity contribution >= 4 is 114 Å². The molecule has 11 aromatic rings. The monoisotopic (exact) mass is 1540 g/mol. The second-order valence-electron chi connectivity index (χ2n) is 29.3. The van der Waals surface area contributed by atoms with Gasteiger partial charge in [-0.2, -0.15) is 0 Å². The molecule has 20 nitrogen and oxygen atoms in total. The lowest BCUT2D eigenvalue weighted by Gasteiger charge is -2.35. The van der Waals surface area contributed by atoms with Crippen LogP contribution in [0.2, 0.25) is 0 Å². The number of rotatable bonds is 28. The largest absolute Gasteiger partial charge is 0.461 e. The number of fused-ring (bicyclic) bond motifs is 2. The number of nitrogens with zero attached hydrogens (tertiary/aromatic N) is 4. The molecule has 2 aliphatic heterocycles. The van der Waals surface area contributed by atoms with E-state index in [1.807, 2.05) is 100 Å². The summed E-state index contributed by atoms with van der Waals surface area (Å²) in [5, 5.41) is 0.592. The molecule has 13 rings (SSSR count). The predicted octanol–water partition coefficient (Wildman–Crippen LogP) is 19.5. The normalized spacial score (nSPS) is 13.3. The maximum Gasteiger partial charge on any atom is 0.349 e. The lowest BCUT2D eigenvalue weighted by Crippen LogP contribution is -2.52. The second kappa shape index (κ2) is 32.1. The fraction of sp³-hybridized carbons (Fsp3) is 0.267. The Bertz CT molecular complexity index is 5120. The molecule has 2 aromatic heterocycles. The van der Waals surface area contributed by atoms with Gasteiger partial charge in [-0.3, -0.25) is 38.9 Å². The molecule has 2 aliphatic rings. The number of halogens is 2. The van der Waals surface area contributed by atoms with E-state index >= 15 is 28.8 Å². The van der Waals surface area contributed by atoms with Crippen LogP contribution < -0.4 is 18.9 Å². The summed E-state index contributed by atoms with van der Waals surface area (Å²) in [6, 6.07) is 32.3. The number of hydrogen-bond acceptors (Lipinski definition) is 18. The third kappa shape index (κ3) is 15.2. The molecule has 0 aliphatic carbocycles. The van der Waals surface area contributed by atoms with E-state index in [2.05, 4.69) is 78.5 Å². The van der Waals surface area contributed by atoms with Crippen LogP contribution in [0.1, 0.15) is 176 Å². The molecule has 572 valence electrons. The van der Waals surface area contributed by atoms with Crippen LogP contribution in [0.25, 0.3) is 43.1 Å². The number of amides is 4. The summed E-state index contributed by atoms with van der Waals surface area (Å²) in [5.41, 5.74) is 7.27. The second-order valence-corrected chi connectivity index (χ2v) is 30.3. The average Bonchev–Trinajstić information content (AvgIpc) is 0.670. The van der Waals surface area contributed by atoms with Crippen molar-refractivity contribution in [1.29, 1.82) is 0 Å². The van der Waals surface area contributed by atoms with Crippen molar-refractivity contribution in [3.63, 3.8) is 0 Å². The van der Waals surface area contributed by atoms with Crippen LogP contribution in [0.5, 0.6) is 46.0 Å². The number of aryl methyl sites for hydroxylation is 4. The van der Waals surface area contributed by atoms with E-state index in [1.54, 1.807) is 24.3 Å². The fourth-order valence-electron chi connectivity index (χ4n) is 14.4. The zero-order valence-electron chi connectivity index (χ0n) is 64.1. The third-order valence-electron chi connectivity index (χ3n) is 20.4. The lowest BCUT2D eigenvalue weighted by molar-refractivity contribution is -0.153. The molecule has 0 fully saturated rings. The van der Waals surface area contributed by atoms with Crippen LogP contribution in [-0.4, -0.2) is 106 Å². The molecule has 2 atom stereocenters. The zero-order chi connectivity index (χ0) is 80.0. The van der Waals surface area contributed by atoms with Gasteiger partial charge in [0.15, 0.2) is 0 Å². The summed E-state index contributed by atoms with van der Waals surface area (Å²) < 4.78 is 51.8. The van der Waals surface area contributed by atoms with Crippen LogP contribution in [0, 0.1) is 27.7 Å². The molecule has 22 heteroatoms.